The SMILES string of the molecule is O=C(O)Cc1cn(-c2cccc(C(F)(F)F)c2)nn1. The van der Waals surface area contributed by atoms with Crippen molar-refractivity contribution in [2.24, 2.45) is 0 Å². The Morgan fingerprint density at radius 3 is 2.74 bits per heavy atom. The summed E-state index contributed by atoms with van der Waals surface area (Å²) in [4.78, 5) is 10.5. The summed E-state index contributed by atoms with van der Waals surface area (Å²) < 4.78 is 38.7. The number of hydrogen-bond acceptors (Lipinski definition) is 3. The highest BCUT2D eigenvalue weighted by atomic mass is 19.4. The van der Waals surface area contributed by atoms with Crippen molar-refractivity contribution in [1.29, 1.82) is 0 Å². The molecule has 0 radical (unpaired) electrons. The number of rotatable bonds is 3. The molecule has 0 saturated carbocycles. The molecule has 1 heterocycles. The lowest BCUT2D eigenvalue weighted by Crippen LogP contribution is -2.06. The van der Waals surface area contributed by atoms with E-state index in [-0.39, 0.29) is 17.8 Å². The molecule has 1 aromatic heterocycles. The number of aliphatic carboxylic acids is 1. The lowest BCUT2D eigenvalue weighted by Gasteiger charge is -2.07. The van der Waals surface area contributed by atoms with Crippen LogP contribution in [0.2, 0.25) is 0 Å². The van der Waals surface area contributed by atoms with Gasteiger partial charge in [-0.25, -0.2) is 4.68 Å². The molecule has 8 heteroatoms. The molecule has 2 rings (SSSR count). The van der Waals surface area contributed by atoms with Gasteiger partial charge in [-0.05, 0) is 18.2 Å². The maximum atomic E-state index is 12.5. The van der Waals surface area contributed by atoms with E-state index in [2.05, 4.69) is 10.3 Å². The van der Waals surface area contributed by atoms with E-state index in [0.717, 1.165) is 16.8 Å². The number of carboxylic acids is 1. The third-order valence-electron chi connectivity index (χ3n) is 2.31. The Morgan fingerprint density at radius 2 is 2.11 bits per heavy atom. The predicted molar refractivity (Wildman–Crippen MR) is 57.7 cm³/mol. The summed E-state index contributed by atoms with van der Waals surface area (Å²) in [6, 6.07) is 4.53. The first-order valence-corrected chi connectivity index (χ1v) is 5.17. The van der Waals surface area contributed by atoms with E-state index >= 15 is 0 Å². The van der Waals surface area contributed by atoms with Crippen LogP contribution in [0.5, 0.6) is 0 Å². The van der Waals surface area contributed by atoms with Gasteiger partial charge in [0, 0.05) is 0 Å². The zero-order chi connectivity index (χ0) is 14.0. The van der Waals surface area contributed by atoms with Crippen molar-refractivity contribution in [3.8, 4) is 5.69 Å². The van der Waals surface area contributed by atoms with Crippen molar-refractivity contribution in [2.75, 3.05) is 0 Å². The van der Waals surface area contributed by atoms with Crippen molar-refractivity contribution >= 4 is 5.97 Å². The number of nitrogens with zero attached hydrogens (tertiary/aromatic N) is 3. The highest BCUT2D eigenvalue weighted by molar-refractivity contribution is 5.69. The third kappa shape index (κ3) is 3.09. The maximum Gasteiger partial charge on any atom is 0.416 e. The van der Waals surface area contributed by atoms with Crippen LogP contribution in [-0.4, -0.2) is 26.1 Å². The quantitative estimate of drug-likeness (QED) is 0.926. The second-order valence-corrected chi connectivity index (χ2v) is 3.77. The monoisotopic (exact) mass is 271 g/mol. The molecule has 19 heavy (non-hydrogen) atoms. The fourth-order valence-corrected chi connectivity index (χ4v) is 1.49. The fourth-order valence-electron chi connectivity index (χ4n) is 1.49. The van der Waals surface area contributed by atoms with Crippen LogP contribution < -0.4 is 0 Å². The van der Waals surface area contributed by atoms with E-state index in [0.29, 0.717) is 0 Å². The molecule has 100 valence electrons. The van der Waals surface area contributed by atoms with Gasteiger partial charge in [-0.2, -0.15) is 13.2 Å². The Morgan fingerprint density at radius 1 is 1.37 bits per heavy atom. The number of alkyl halides is 3. The standard InChI is InChI=1S/C11H8F3N3O2/c12-11(13,14)7-2-1-3-9(4-7)17-6-8(15-16-17)5-10(18)19/h1-4,6H,5H2,(H,18,19). The second-order valence-electron chi connectivity index (χ2n) is 3.77. The summed E-state index contributed by atoms with van der Waals surface area (Å²) in [5, 5.41) is 15.7. The molecule has 0 aliphatic carbocycles. The Kier molecular flexibility index (Phi) is 3.24. The van der Waals surface area contributed by atoms with Gasteiger partial charge in [0.15, 0.2) is 0 Å². The predicted octanol–water partition coefficient (Wildman–Crippen LogP) is 1.91. The molecule has 0 aliphatic heterocycles. The van der Waals surface area contributed by atoms with E-state index in [1.165, 1.54) is 18.3 Å². The molecule has 5 nitrogen and oxygen atoms in total. The molecular weight excluding hydrogens is 263 g/mol. The topological polar surface area (TPSA) is 68.0 Å². The minimum Gasteiger partial charge on any atom is -0.481 e. The van der Waals surface area contributed by atoms with Crippen LogP contribution in [-0.2, 0) is 17.4 Å². The normalized spacial score (nSPS) is 11.5. The Balaban J connectivity index is 2.32. The van der Waals surface area contributed by atoms with Gasteiger partial charge >= 0.3 is 12.1 Å². The Bertz CT molecular complexity index is 607. The Labute approximate surface area is 105 Å². The summed E-state index contributed by atoms with van der Waals surface area (Å²) in [7, 11) is 0. The van der Waals surface area contributed by atoms with Crippen LogP contribution in [0.15, 0.2) is 30.5 Å². The molecule has 1 N–H and O–H groups in total. The smallest absolute Gasteiger partial charge is 0.416 e. The summed E-state index contributed by atoms with van der Waals surface area (Å²) in [6.07, 6.45) is -3.50. The zero-order valence-electron chi connectivity index (χ0n) is 9.42. The lowest BCUT2D eigenvalue weighted by atomic mass is 10.2. The minimum absolute atomic E-state index is 0.166. The fraction of sp³-hybridized carbons (Fsp3) is 0.182. The third-order valence-corrected chi connectivity index (χ3v) is 2.31. The number of carbonyl (C=O) groups is 1. The minimum atomic E-state index is -4.44. The summed E-state index contributed by atoms with van der Waals surface area (Å²) in [6.45, 7) is 0. The van der Waals surface area contributed by atoms with Crippen molar-refractivity contribution in [3.05, 3.63) is 41.7 Å². The van der Waals surface area contributed by atoms with Gasteiger partial charge in [0.1, 0.15) is 0 Å². The van der Waals surface area contributed by atoms with Crippen LogP contribution in [0, 0.1) is 0 Å². The highest BCUT2D eigenvalue weighted by Crippen LogP contribution is 2.30. The largest absolute Gasteiger partial charge is 0.481 e. The van der Waals surface area contributed by atoms with Crippen molar-refractivity contribution in [1.82, 2.24) is 15.0 Å². The first kappa shape index (κ1) is 13.1. The van der Waals surface area contributed by atoms with Crippen molar-refractivity contribution in [3.63, 3.8) is 0 Å². The van der Waals surface area contributed by atoms with Gasteiger partial charge in [-0.3, -0.25) is 4.79 Å². The van der Waals surface area contributed by atoms with Gasteiger partial charge in [-0.15, -0.1) is 5.10 Å². The average Bonchev–Trinajstić information content (AvgIpc) is 2.76. The van der Waals surface area contributed by atoms with Crippen LogP contribution in [0.4, 0.5) is 13.2 Å². The van der Waals surface area contributed by atoms with Crippen molar-refractivity contribution < 1.29 is 23.1 Å². The summed E-state index contributed by atoms with van der Waals surface area (Å²) >= 11 is 0. The van der Waals surface area contributed by atoms with E-state index in [1.807, 2.05) is 0 Å². The second kappa shape index (κ2) is 4.71. The first-order chi connectivity index (χ1) is 8.86. The number of carboxylic acid groups (broad SMARTS) is 1. The van der Waals surface area contributed by atoms with Gasteiger partial charge in [-0.1, -0.05) is 11.3 Å². The first-order valence-electron chi connectivity index (χ1n) is 5.17. The van der Waals surface area contributed by atoms with E-state index in [4.69, 9.17) is 5.11 Å². The van der Waals surface area contributed by atoms with Crippen molar-refractivity contribution in [2.45, 2.75) is 12.6 Å². The summed E-state index contributed by atoms with van der Waals surface area (Å²) in [5.41, 5.74) is -0.468. The van der Waals surface area contributed by atoms with Gasteiger partial charge in [0.05, 0.1) is 29.6 Å². The number of benzene rings is 1. The molecule has 0 saturated heterocycles. The molecule has 0 aliphatic rings. The zero-order valence-corrected chi connectivity index (χ0v) is 9.42. The van der Waals surface area contributed by atoms with E-state index in [1.54, 1.807) is 0 Å². The van der Waals surface area contributed by atoms with E-state index in [9.17, 15) is 18.0 Å². The average molecular weight is 271 g/mol. The highest BCUT2D eigenvalue weighted by Gasteiger charge is 2.30. The van der Waals surface area contributed by atoms with Gasteiger partial charge in [0.25, 0.3) is 0 Å². The van der Waals surface area contributed by atoms with E-state index < -0.39 is 17.7 Å². The molecule has 1 aromatic carbocycles. The molecule has 0 atom stereocenters. The van der Waals surface area contributed by atoms with Gasteiger partial charge in [0.2, 0.25) is 0 Å². The van der Waals surface area contributed by atoms with Crippen LogP contribution in [0.1, 0.15) is 11.3 Å². The molecule has 2 aromatic rings. The van der Waals surface area contributed by atoms with Crippen LogP contribution in [0.25, 0.3) is 5.69 Å². The number of halogens is 3. The number of hydrogen-bond donors (Lipinski definition) is 1. The molecule has 0 spiro atoms. The number of aromatic nitrogens is 3. The molecule has 0 bridgehead atoms. The molecule has 0 fully saturated rings. The van der Waals surface area contributed by atoms with Gasteiger partial charge < -0.3 is 5.11 Å². The maximum absolute atomic E-state index is 12.5. The lowest BCUT2D eigenvalue weighted by molar-refractivity contribution is -0.138. The van der Waals surface area contributed by atoms with Crippen LogP contribution >= 0.6 is 0 Å². The Hall–Kier alpha value is -2.38. The molecule has 0 amide bonds. The van der Waals surface area contributed by atoms with Crippen LogP contribution in [0.3, 0.4) is 0 Å². The molecular formula is C11H8F3N3O2. The summed E-state index contributed by atoms with van der Waals surface area (Å²) in [5.74, 6) is -1.09. The molecule has 0 unspecified atom stereocenters.